The van der Waals surface area contributed by atoms with Crippen molar-refractivity contribution >= 4 is 27.9 Å². The third-order valence-corrected chi connectivity index (χ3v) is 4.68. The number of hydrogen-bond donors (Lipinski definition) is 2. The van der Waals surface area contributed by atoms with Crippen LogP contribution < -0.4 is 10.9 Å². The quantitative estimate of drug-likeness (QED) is 0.448. The van der Waals surface area contributed by atoms with Crippen LogP contribution in [0, 0.1) is 5.82 Å². The summed E-state index contributed by atoms with van der Waals surface area (Å²) in [7, 11) is 0. The number of para-hydroxylation sites is 1. The second-order valence-electron chi connectivity index (χ2n) is 6.49. The molecule has 0 unspecified atom stereocenters. The van der Waals surface area contributed by atoms with Crippen molar-refractivity contribution in [2.75, 3.05) is 5.32 Å². The Kier molecular flexibility index (Phi) is 3.24. The van der Waals surface area contributed by atoms with E-state index in [0.29, 0.717) is 0 Å². The van der Waals surface area contributed by atoms with E-state index in [1.165, 1.54) is 30.6 Å². The summed E-state index contributed by atoms with van der Waals surface area (Å²) in [5, 5.41) is 2.16. The van der Waals surface area contributed by atoms with E-state index in [1.807, 2.05) is 0 Å². The van der Waals surface area contributed by atoms with E-state index in [0.717, 1.165) is 17.0 Å². The van der Waals surface area contributed by atoms with Crippen LogP contribution in [0.4, 0.5) is 10.2 Å². The number of anilines is 1. The molecule has 0 saturated carbocycles. The summed E-state index contributed by atoms with van der Waals surface area (Å²) in [6, 6.07) is 8.49. The first-order valence-corrected chi connectivity index (χ1v) is 9.15. The molecule has 9 heteroatoms. The van der Waals surface area contributed by atoms with E-state index in [4.69, 9.17) is 6.85 Å². The lowest BCUT2D eigenvalue weighted by atomic mass is 10.1. The van der Waals surface area contributed by atoms with Gasteiger partial charge in [-0.1, -0.05) is 31.1 Å². The minimum atomic E-state index is -3.38. The van der Waals surface area contributed by atoms with Gasteiger partial charge in [-0.25, -0.2) is 24.3 Å². The molecule has 154 valence electrons. The molecule has 0 aliphatic carbocycles. The Hall–Kier alpha value is -4.14. The maximum atomic E-state index is 14.8. The zero-order valence-electron chi connectivity index (χ0n) is 21.8. The number of fused-ring (bicyclic) bond motifs is 2. The van der Waals surface area contributed by atoms with Crippen LogP contribution in [0.1, 0.15) is 33.3 Å². The number of benzene rings is 2. The summed E-state index contributed by atoms with van der Waals surface area (Å²) in [5.74, 6) is -1.66. The van der Waals surface area contributed by atoms with E-state index in [1.54, 1.807) is 18.2 Å². The fourth-order valence-electron chi connectivity index (χ4n) is 3.30. The van der Waals surface area contributed by atoms with E-state index in [-0.39, 0.29) is 28.2 Å². The number of hydrogen-bond acceptors (Lipinski definition) is 6. The number of nitrogens with zero attached hydrogens (tertiary/aromatic N) is 5. The fourth-order valence-corrected chi connectivity index (χ4v) is 3.30. The zero-order chi connectivity index (χ0) is 26.6. The number of aromatic nitrogens is 6. The highest BCUT2D eigenvalue weighted by Crippen LogP contribution is 2.26. The standard InChI is InChI=1S/C22H18FN7O/c1-2-15(28-20-18-19(25-11-24-18)26-12-27-20)21-29-16-10-6-9-14(23)17(16)22(31)30(21)13-7-4-3-5-8-13/h3-12,15H,2H2,1H3,(H2,24,25,26,27,28)/t15-/m0/s1/i1D3,2D2,15D. The number of halogens is 1. The molecule has 0 saturated heterocycles. The molecule has 0 radical (unpaired) electrons. The maximum Gasteiger partial charge on any atom is 0.269 e. The molecule has 2 N–H and O–H groups in total. The van der Waals surface area contributed by atoms with Crippen LogP contribution in [0.25, 0.3) is 27.8 Å². The van der Waals surface area contributed by atoms with Crippen LogP contribution >= 0.6 is 0 Å². The van der Waals surface area contributed by atoms with Crippen molar-refractivity contribution in [3.8, 4) is 5.69 Å². The largest absolute Gasteiger partial charge is 0.358 e. The van der Waals surface area contributed by atoms with Crippen LogP contribution in [0.5, 0.6) is 0 Å². The summed E-state index contributed by atoms with van der Waals surface area (Å²) < 4.78 is 66.0. The highest BCUT2D eigenvalue weighted by molar-refractivity contribution is 5.82. The van der Waals surface area contributed by atoms with Crippen molar-refractivity contribution in [2.45, 2.75) is 19.2 Å². The van der Waals surface area contributed by atoms with Gasteiger partial charge in [-0.05, 0) is 30.6 Å². The number of H-pyrrole nitrogens is 1. The van der Waals surface area contributed by atoms with Crippen LogP contribution in [0.2, 0.25) is 0 Å². The lowest BCUT2D eigenvalue weighted by Crippen LogP contribution is -2.28. The van der Waals surface area contributed by atoms with Gasteiger partial charge in [0.25, 0.3) is 5.56 Å². The molecule has 0 fully saturated rings. The second kappa shape index (κ2) is 7.60. The average Bonchev–Trinajstić information content (AvgIpc) is 3.33. The summed E-state index contributed by atoms with van der Waals surface area (Å²) >= 11 is 0. The Morgan fingerprint density at radius 3 is 2.94 bits per heavy atom. The summed E-state index contributed by atoms with van der Waals surface area (Å²) in [5.41, 5.74) is -0.668. The van der Waals surface area contributed by atoms with E-state index < -0.39 is 41.8 Å². The van der Waals surface area contributed by atoms with Gasteiger partial charge in [-0.2, -0.15) is 0 Å². The Balaban J connectivity index is 1.91. The third kappa shape index (κ3) is 3.20. The van der Waals surface area contributed by atoms with Crippen molar-refractivity contribution in [2.24, 2.45) is 0 Å². The highest BCUT2D eigenvalue weighted by atomic mass is 19.1. The molecular weight excluding hydrogens is 397 g/mol. The molecule has 2 aromatic carbocycles. The minimum Gasteiger partial charge on any atom is -0.358 e. The molecule has 0 bridgehead atoms. The van der Waals surface area contributed by atoms with Crippen molar-refractivity contribution in [1.29, 1.82) is 0 Å². The van der Waals surface area contributed by atoms with E-state index >= 15 is 0 Å². The molecule has 0 aliphatic heterocycles. The topological polar surface area (TPSA) is 101 Å². The fraction of sp³-hybridized carbons (Fsp3) is 0.136. The smallest absolute Gasteiger partial charge is 0.269 e. The predicted octanol–water partition coefficient (Wildman–Crippen LogP) is 3.75. The molecule has 1 atom stereocenters. The average molecular weight is 421 g/mol. The van der Waals surface area contributed by atoms with Crippen molar-refractivity contribution in [1.82, 2.24) is 29.5 Å². The van der Waals surface area contributed by atoms with Gasteiger partial charge in [0.1, 0.15) is 28.9 Å². The predicted molar refractivity (Wildman–Crippen MR) is 116 cm³/mol. The van der Waals surface area contributed by atoms with Gasteiger partial charge in [0.2, 0.25) is 0 Å². The van der Waals surface area contributed by atoms with Gasteiger partial charge in [0.15, 0.2) is 11.5 Å². The van der Waals surface area contributed by atoms with Gasteiger partial charge in [0, 0.05) is 6.85 Å². The molecule has 5 rings (SSSR count). The highest BCUT2D eigenvalue weighted by Gasteiger charge is 2.22. The van der Waals surface area contributed by atoms with Gasteiger partial charge in [-0.15, -0.1) is 0 Å². The van der Waals surface area contributed by atoms with E-state index in [2.05, 4.69) is 30.2 Å². The molecule has 0 amide bonds. The monoisotopic (exact) mass is 421 g/mol. The Morgan fingerprint density at radius 2 is 2.10 bits per heavy atom. The number of imidazole rings is 1. The van der Waals surface area contributed by atoms with Crippen molar-refractivity contribution in [3.05, 3.63) is 83.2 Å². The summed E-state index contributed by atoms with van der Waals surface area (Å²) in [6.07, 6.45) is -0.968. The first kappa shape index (κ1) is 13.2. The second-order valence-corrected chi connectivity index (χ2v) is 6.49. The van der Waals surface area contributed by atoms with Gasteiger partial charge in [0.05, 0.1) is 24.9 Å². The molecule has 3 aromatic heterocycles. The first-order valence-electron chi connectivity index (χ1n) is 12.1. The third-order valence-electron chi connectivity index (χ3n) is 4.68. The van der Waals surface area contributed by atoms with Crippen molar-refractivity contribution < 1.29 is 12.6 Å². The van der Waals surface area contributed by atoms with E-state index in [9.17, 15) is 10.6 Å². The van der Waals surface area contributed by atoms with Gasteiger partial charge < -0.3 is 10.3 Å². The van der Waals surface area contributed by atoms with Gasteiger partial charge >= 0.3 is 0 Å². The Labute approximate surface area is 184 Å². The lowest BCUT2D eigenvalue weighted by molar-refractivity contribution is 0.630. The molecular formula is C22H18FN7O. The molecule has 5 aromatic rings. The van der Waals surface area contributed by atoms with Gasteiger partial charge in [-0.3, -0.25) is 9.36 Å². The summed E-state index contributed by atoms with van der Waals surface area (Å²) in [6.45, 7) is -3.38. The first-order chi connectivity index (χ1) is 17.5. The molecule has 0 spiro atoms. The number of rotatable bonds is 5. The molecule has 0 aliphatic rings. The maximum absolute atomic E-state index is 14.8. The number of nitrogens with one attached hydrogen (secondary N) is 2. The lowest BCUT2D eigenvalue weighted by Gasteiger charge is -2.22. The van der Waals surface area contributed by atoms with Crippen LogP contribution in [-0.4, -0.2) is 29.5 Å². The minimum absolute atomic E-state index is 0.120. The molecule has 31 heavy (non-hydrogen) atoms. The normalized spacial score (nSPS) is 17.1. The Morgan fingerprint density at radius 1 is 1.23 bits per heavy atom. The van der Waals surface area contributed by atoms with Crippen LogP contribution in [0.3, 0.4) is 0 Å². The van der Waals surface area contributed by atoms with Crippen LogP contribution in [0.15, 0.2) is 66.0 Å². The molecule has 8 nitrogen and oxygen atoms in total. The number of aromatic amines is 1. The molecule has 3 heterocycles. The zero-order valence-corrected chi connectivity index (χ0v) is 15.8. The Bertz CT molecular complexity index is 1690. The van der Waals surface area contributed by atoms with Crippen molar-refractivity contribution in [3.63, 3.8) is 0 Å². The summed E-state index contributed by atoms with van der Waals surface area (Å²) in [4.78, 5) is 32.8. The SMILES string of the molecule is [2H]C([2H])([2H])C([2H])([2H])[C@]([2H])(Nc1ncnc2nc[nH]c12)c1nc2cccc(F)c2c(=O)n1-c1ccccc1. The van der Waals surface area contributed by atoms with Crippen LogP contribution in [-0.2, 0) is 0 Å².